The van der Waals surface area contributed by atoms with Crippen LogP contribution in [0.3, 0.4) is 0 Å². The second-order valence-corrected chi connectivity index (χ2v) is 7.51. The van der Waals surface area contributed by atoms with Crippen molar-refractivity contribution < 1.29 is 14.4 Å². The third-order valence-corrected chi connectivity index (χ3v) is 5.61. The van der Waals surface area contributed by atoms with Gasteiger partial charge in [-0.25, -0.2) is 0 Å². The van der Waals surface area contributed by atoms with E-state index < -0.39 is 0 Å². The molecule has 1 aliphatic rings. The van der Waals surface area contributed by atoms with Crippen molar-refractivity contribution in [3.05, 3.63) is 64.0 Å². The molecule has 1 fully saturated rings. The van der Waals surface area contributed by atoms with E-state index in [1.807, 2.05) is 37.3 Å². The summed E-state index contributed by atoms with van der Waals surface area (Å²) in [6, 6.07) is 12.9. The Morgan fingerprint density at radius 3 is 2.41 bits per heavy atom. The quantitative estimate of drug-likeness (QED) is 0.749. The number of fused-ring (bicyclic) bond motifs is 1. The summed E-state index contributed by atoms with van der Waals surface area (Å²) in [5.74, 6) is 0.811. The van der Waals surface area contributed by atoms with Crippen LogP contribution < -0.4 is 10.3 Å². The first-order valence-electron chi connectivity index (χ1n) is 9.82. The lowest BCUT2D eigenvalue weighted by atomic mass is 10.0. The highest BCUT2D eigenvalue weighted by Gasteiger charge is 2.21. The molecule has 0 saturated carbocycles. The minimum absolute atomic E-state index is 0.0351. The first-order valence-corrected chi connectivity index (χ1v) is 9.82. The Morgan fingerprint density at radius 2 is 1.70 bits per heavy atom. The molecule has 0 amide bonds. The van der Waals surface area contributed by atoms with Gasteiger partial charge in [0.15, 0.2) is 5.58 Å². The van der Waals surface area contributed by atoms with Gasteiger partial charge >= 0.3 is 0 Å². The minimum atomic E-state index is -0.0351. The van der Waals surface area contributed by atoms with Crippen molar-refractivity contribution in [1.29, 1.82) is 0 Å². The number of hydrogen-bond donors (Lipinski definition) is 2. The third kappa shape index (κ3) is 3.50. The summed E-state index contributed by atoms with van der Waals surface area (Å²) in [7, 11) is 0. The fraction of sp³-hybridized carbons (Fsp3) is 0.348. The van der Waals surface area contributed by atoms with Gasteiger partial charge in [-0.15, -0.1) is 0 Å². The summed E-state index contributed by atoms with van der Waals surface area (Å²) in [6.07, 6.45) is 4.98. The minimum Gasteiger partial charge on any atom is -0.507 e. The van der Waals surface area contributed by atoms with E-state index in [1.165, 1.54) is 30.6 Å². The average Bonchev–Trinajstić information content (AvgIpc) is 2.94. The molecule has 0 aliphatic carbocycles. The standard InChI is InChI=1S/C23H25NO3/c1-16-21(17-9-5-4-6-10-17)22(26)18-11-12-20(25)19(23(18)27-16)15-24-13-7-2-3-8-14-24/h4-6,9-12,25H,2-3,7-8,13-15H2,1H3/p+1. The summed E-state index contributed by atoms with van der Waals surface area (Å²) >= 11 is 0. The molecule has 0 radical (unpaired) electrons. The van der Waals surface area contributed by atoms with Crippen LogP contribution in [0.25, 0.3) is 22.1 Å². The Kier molecular flexibility index (Phi) is 4.99. The molecule has 4 nitrogen and oxygen atoms in total. The molecule has 0 spiro atoms. The van der Waals surface area contributed by atoms with Gasteiger partial charge < -0.3 is 14.4 Å². The van der Waals surface area contributed by atoms with Gasteiger partial charge in [0.1, 0.15) is 18.1 Å². The molecule has 1 aliphatic heterocycles. The molecule has 2 aromatic carbocycles. The first-order chi connectivity index (χ1) is 13.1. The van der Waals surface area contributed by atoms with Gasteiger partial charge in [-0.2, -0.15) is 0 Å². The number of aryl methyl sites for hydroxylation is 1. The summed E-state index contributed by atoms with van der Waals surface area (Å²) in [5.41, 5.74) is 2.71. The fourth-order valence-electron chi connectivity index (χ4n) is 4.18. The molecular formula is C23H26NO3+. The summed E-state index contributed by atoms with van der Waals surface area (Å²) in [4.78, 5) is 14.7. The van der Waals surface area contributed by atoms with Crippen molar-refractivity contribution in [3.8, 4) is 16.9 Å². The van der Waals surface area contributed by atoms with Crippen LogP contribution in [0.4, 0.5) is 0 Å². The van der Waals surface area contributed by atoms with Crippen molar-refractivity contribution in [1.82, 2.24) is 0 Å². The maximum Gasteiger partial charge on any atom is 0.200 e. The lowest BCUT2D eigenvalue weighted by molar-refractivity contribution is -0.913. The molecule has 4 rings (SSSR count). The van der Waals surface area contributed by atoms with E-state index in [9.17, 15) is 9.90 Å². The molecule has 0 atom stereocenters. The molecule has 0 unspecified atom stereocenters. The molecule has 1 saturated heterocycles. The zero-order valence-electron chi connectivity index (χ0n) is 15.8. The molecular weight excluding hydrogens is 338 g/mol. The zero-order valence-corrected chi connectivity index (χ0v) is 15.8. The second-order valence-electron chi connectivity index (χ2n) is 7.51. The maximum atomic E-state index is 13.2. The zero-order chi connectivity index (χ0) is 18.8. The van der Waals surface area contributed by atoms with E-state index in [1.54, 1.807) is 12.1 Å². The summed E-state index contributed by atoms with van der Waals surface area (Å²) in [5, 5.41) is 11.0. The number of phenols is 1. The summed E-state index contributed by atoms with van der Waals surface area (Å²) < 4.78 is 6.14. The Labute approximate surface area is 159 Å². The Hall–Kier alpha value is -2.59. The Balaban J connectivity index is 1.83. The highest BCUT2D eigenvalue weighted by atomic mass is 16.3. The highest BCUT2D eigenvalue weighted by molar-refractivity contribution is 5.86. The Bertz CT molecular complexity index is 1000. The van der Waals surface area contributed by atoms with Crippen LogP contribution in [-0.4, -0.2) is 18.2 Å². The molecule has 2 heterocycles. The average molecular weight is 364 g/mol. The molecule has 2 N–H and O–H groups in total. The van der Waals surface area contributed by atoms with Crippen molar-refractivity contribution in [2.45, 2.75) is 39.2 Å². The van der Waals surface area contributed by atoms with E-state index in [0.717, 1.165) is 24.2 Å². The van der Waals surface area contributed by atoms with Crippen LogP contribution in [0.1, 0.15) is 37.0 Å². The summed E-state index contributed by atoms with van der Waals surface area (Å²) in [6.45, 7) is 4.72. The largest absolute Gasteiger partial charge is 0.507 e. The van der Waals surface area contributed by atoms with Crippen LogP contribution in [0, 0.1) is 6.92 Å². The number of aromatic hydroxyl groups is 1. The van der Waals surface area contributed by atoms with E-state index in [4.69, 9.17) is 4.42 Å². The third-order valence-electron chi connectivity index (χ3n) is 5.61. The van der Waals surface area contributed by atoms with Gasteiger partial charge in [0, 0.05) is 0 Å². The number of phenolic OH excluding ortho intramolecular Hbond substituents is 1. The van der Waals surface area contributed by atoms with Gasteiger partial charge in [-0.05, 0) is 50.3 Å². The molecule has 1 aromatic heterocycles. The smallest absolute Gasteiger partial charge is 0.200 e. The van der Waals surface area contributed by atoms with Crippen LogP contribution in [-0.2, 0) is 6.54 Å². The van der Waals surface area contributed by atoms with Crippen LogP contribution in [0.15, 0.2) is 51.7 Å². The number of nitrogens with one attached hydrogen (secondary N) is 1. The number of hydrogen-bond acceptors (Lipinski definition) is 3. The molecule has 140 valence electrons. The van der Waals surface area contributed by atoms with Crippen molar-refractivity contribution >= 4 is 11.0 Å². The van der Waals surface area contributed by atoms with E-state index in [2.05, 4.69) is 0 Å². The first kappa shape index (κ1) is 17.8. The topological polar surface area (TPSA) is 54.9 Å². The predicted octanol–water partition coefficient (Wildman–Crippen LogP) is 3.43. The normalized spacial score (nSPS) is 15.7. The van der Waals surface area contributed by atoms with E-state index >= 15 is 0 Å². The number of benzene rings is 2. The van der Waals surface area contributed by atoms with Gasteiger partial charge in [0.25, 0.3) is 0 Å². The monoisotopic (exact) mass is 364 g/mol. The molecule has 27 heavy (non-hydrogen) atoms. The van der Waals surface area contributed by atoms with Crippen LogP contribution in [0.2, 0.25) is 0 Å². The van der Waals surface area contributed by atoms with Gasteiger partial charge in [-0.1, -0.05) is 30.3 Å². The molecule has 0 bridgehead atoms. The van der Waals surface area contributed by atoms with Crippen molar-refractivity contribution in [2.24, 2.45) is 0 Å². The highest BCUT2D eigenvalue weighted by Crippen LogP contribution is 2.29. The molecule has 4 heteroatoms. The maximum absolute atomic E-state index is 13.2. The van der Waals surface area contributed by atoms with Gasteiger partial charge in [-0.3, -0.25) is 4.79 Å². The lowest BCUT2D eigenvalue weighted by Gasteiger charge is -2.18. The number of rotatable bonds is 3. The van der Waals surface area contributed by atoms with Gasteiger partial charge in [0.2, 0.25) is 5.43 Å². The lowest BCUT2D eigenvalue weighted by Crippen LogP contribution is -3.10. The SMILES string of the molecule is Cc1oc2c(C[NH+]3CCCCCC3)c(O)ccc2c(=O)c1-c1ccccc1. The number of quaternary nitrogens is 1. The Morgan fingerprint density at radius 1 is 1.00 bits per heavy atom. The van der Waals surface area contributed by atoms with Crippen LogP contribution >= 0.6 is 0 Å². The van der Waals surface area contributed by atoms with E-state index in [-0.39, 0.29) is 11.2 Å². The molecule has 3 aromatic rings. The van der Waals surface area contributed by atoms with Crippen LogP contribution in [0.5, 0.6) is 5.75 Å². The van der Waals surface area contributed by atoms with Crippen molar-refractivity contribution in [2.75, 3.05) is 13.1 Å². The van der Waals surface area contributed by atoms with Gasteiger partial charge in [0.05, 0.1) is 29.6 Å². The predicted molar refractivity (Wildman–Crippen MR) is 107 cm³/mol. The number of likely N-dealkylation sites (tertiary alicyclic amines) is 1. The van der Waals surface area contributed by atoms with E-state index in [0.29, 0.717) is 28.8 Å². The fourth-order valence-corrected chi connectivity index (χ4v) is 4.18. The second kappa shape index (κ2) is 7.57. The van der Waals surface area contributed by atoms with Crippen molar-refractivity contribution in [3.63, 3.8) is 0 Å².